The lowest BCUT2D eigenvalue weighted by Crippen LogP contribution is -2.17. The molecule has 0 radical (unpaired) electrons. The van der Waals surface area contributed by atoms with Gasteiger partial charge in [0.25, 0.3) is 5.69 Å². The number of non-ortho nitro benzene ring substituents is 1. The molecule has 0 heterocycles. The molecule has 0 spiro atoms. The molecule has 1 atom stereocenters. The van der Waals surface area contributed by atoms with Gasteiger partial charge in [-0.25, -0.2) is 0 Å². The van der Waals surface area contributed by atoms with Crippen molar-refractivity contribution in [3.63, 3.8) is 0 Å². The van der Waals surface area contributed by atoms with E-state index in [1.807, 2.05) is 24.3 Å². The summed E-state index contributed by atoms with van der Waals surface area (Å²) >= 11 is 0. The minimum atomic E-state index is -0.398. The lowest BCUT2D eigenvalue weighted by atomic mass is 10.1. The summed E-state index contributed by atoms with van der Waals surface area (Å²) in [5.41, 5.74) is 2.18. The highest BCUT2D eigenvalue weighted by Crippen LogP contribution is 2.18. The third-order valence-corrected chi connectivity index (χ3v) is 3.19. The molecule has 1 N–H and O–H groups in total. The highest BCUT2D eigenvalue weighted by Gasteiger charge is 2.07. The summed E-state index contributed by atoms with van der Waals surface area (Å²) < 4.78 is 5.13. The van der Waals surface area contributed by atoms with Crippen LogP contribution in [0.25, 0.3) is 0 Å². The summed E-state index contributed by atoms with van der Waals surface area (Å²) in [4.78, 5) is 10.2. The van der Waals surface area contributed by atoms with Crippen LogP contribution in [0.2, 0.25) is 0 Å². The molecule has 1 unspecified atom stereocenters. The van der Waals surface area contributed by atoms with Crippen LogP contribution in [0.3, 0.4) is 0 Å². The molecule has 0 aliphatic rings. The quantitative estimate of drug-likeness (QED) is 0.650. The number of hydrogen-bond donors (Lipinski definition) is 1. The number of hydrogen-bond acceptors (Lipinski definition) is 4. The Bertz CT molecular complexity index is 594. The van der Waals surface area contributed by atoms with E-state index in [0.717, 1.165) is 17.9 Å². The first kappa shape index (κ1) is 14.8. The van der Waals surface area contributed by atoms with Crippen LogP contribution >= 0.6 is 0 Å². The second kappa shape index (κ2) is 6.74. The maximum Gasteiger partial charge on any atom is 0.269 e. The summed E-state index contributed by atoms with van der Waals surface area (Å²) in [5.74, 6) is 0.842. The van der Waals surface area contributed by atoms with Crippen molar-refractivity contribution < 1.29 is 9.66 Å². The Hall–Kier alpha value is -2.56. The zero-order chi connectivity index (χ0) is 15.2. The molecule has 0 aromatic heterocycles. The molecule has 2 aromatic carbocycles. The molecule has 0 bridgehead atoms. The fraction of sp³-hybridized carbons (Fsp3) is 0.250. The first-order valence-electron chi connectivity index (χ1n) is 6.72. The summed E-state index contributed by atoms with van der Waals surface area (Å²) in [6.07, 6.45) is 0.862. The van der Waals surface area contributed by atoms with Crippen molar-refractivity contribution in [2.24, 2.45) is 0 Å². The fourth-order valence-corrected chi connectivity index (χ4v) is 2.13. The van der Waals surface area contributed by atoms with Crippen molar-refractivity contribution in [2.75, 3.05) is 12.4 Å². The third-order valence-electron chi connectivity index (χ3n) is 3.19. The largest absolute Gasteiger partial charge is 0.497 e. The van der Waals surface area contributed by atoms with Gasteiger partial charge in [-0.2, -0.15) is 0 Å². The molecule has 2 aromatic rings. The van der Waals surface area contributed by atoms with Gasteiger partial charge in [-0.3, -0.25) is 10.1 Å². The first-order chi connectivity index (χ1) is 10.1. The van der Waals surface area contributed by atoms with Crippen molar-refractivity contribution in [3.8, 4) is 5.75 Å². The van der Waals surface area contributed by atoms with Gasteiger partial charge in [-0.15, -0.1) is 0 Å². The average Bonchev–Trinajstić information content (AvgIpc) is 2.48. The molecular weight excluding hydrogens is 268 g/mol. The molecule has 5 nitrogen and oxygen atoms in total. The van der Waals surface area contributed by atoms with Gasteiger partial charge >= 0.3 is 0 Å². The Morgan fingerprint density at radius 1 is 1.14 bits per heavy atom. The molecule has 0 aliphatic carbocycles. The van der Waals surface area contributed by atoms with E-state index < -0.39 is 4.92 Å². The van der Waals surface area contributed by atoms with Gasteiger partial charge in [0, 0.05) is 23.9 Å². The van der Waals surface area contributed by atoms with E-state index in [4.69, 9.17) is 4.74 Å². The van der Waals surface area contributed by atoms with E-state index in [0.29, 0.717) is 0 Å². The zero-order valence-corrected chi connectivity index (χ0v) is 12.1. The number of benzene rings is 2. The van der Waals surface area contributed by atoms with E-state index in [1.165, 1.54) is 17.7 Å². The summed E-state index contributed by atoms with van der Waals surface area (Å²) in [6, 6.07) is 14.6. The van der Waals surface area contributed by atoms with Gasteiger partial charge in [-0.05, 0) is 43.2 Å². The molecule has 5 heteroatoms. The van der Waals surface area contributed by atoms with Crippen LogP contribution in [-0.2, 0) is 6.42 Å². The molecule has 0 amide bonds. The first-order valence-corrected chi connectivity index (χ1v) is 6.72. The molecular formula is C16H18N2O3. The molecule has 2 rings (SSSR count). The second-order valence-electron chi connectivity index (χ2n) is 4.90. The molecule has 0 saturated heterocycles. The monoisotopic (exact) mass is 286 g/mol. The van der Waals surface area contributed by atoms with Crippen molar-refractivity contribution in [1.29, 1.82) is 0 Å². The van der Waals surface area contributed by atoms with Gasteiger partial charge in [0.15, 0.2) is 0 Å². The number of methoxy groups -OCH3 is 1. The predicted octanol–water partition coefficient (Wildman–Crippen LogP) is 3.65. The van der Waals surface area contributed by atoms with Crippen LogP contribution in [0.15, 0.2) is 48.5 Å². The van der Waals surface area contributed by atoms with E-state index >= 15 is 0 Å². The van der Waals surface area contributed by atoms with Gasteiger partial charge < -0.3 is 10.1 Å². The van der Waals surface area contributed by atoms with Gasteiger partial charge in [-0.1, -0.05) is 12.1 Å². The average molecular weight is 286 g/mol. The highest BCUT2D eigenvalue weighted by atomic mass is 16.6. The molecule has 0 fully saturated rings. The van der Waals surface area contributed by atoms with E-state index in [9.17, 15) is 10.1 Å². The van der Waals surface area contributed by atoms with E-state index in [1.54, 1.807) is 19.2 Å². The Balaban J connectivity index is 1.94. The number of nitro benzene ring substituents is 1. The third kappa shape index (κ3) is 4.21. The van der Waals surface area contributed by atoms with Crippen molar-refractivity contribution in [1.82, 2.24) is 0 Å². The van der Waals surface area contributed by atoms with Gasteiger partial charge in [0.05, 0.1) is 12.0 Å². The number of nitro groups is 1. The Morgan fingerprint density at radius 2 is 1.76 bits per heavy atom. The highest BCUT2D eigenvalue weighted by molar-refractivity contribution is 5.49. The van der Waals surface area contributed by atoms with Gasteiger partial charge in [0.1, 0.15) is 5.75 Å². The van der Waals surface area contributed by atoms with Crippen LogP contribution in [-0.4, -0.2) is 18.1 Å². The van der Waals surface area contributed by atoms with Gasteiger partial charge in [0.2, 0.25) is 0 Å². The SMILES string of the molecule is COc1ccc(CC(C)Nc2ccc([N+](=O)[O-])cc2)cc1. The zero-order valence-electron chi connectivity index (χ0n) is 12.1. The lowest BCUT2D eigenvalue weighted by Gasteiger charge is -2.15. The number of anilines is 1. The smallest absolute Gasteiger partial charge is 0.269 e. The topological polar surface area (TPSA) is 64.4 Å². The Kier molecular flexibility index (Phi) is 4.77. The summed E-state index contributed by atoms with van der Waals surface area (Å²) in [7, 11) is 1.65. The second-order valence-corrected chi connectivity index (χ2v) is 4.90. The normalized spacial score (nSPS) is 11.7. The minimum absolute atomic E-state index is 0.100. The lowest BCUT2D eigenvalue weighted by molar-refractivity contribution is -0.384. The van der Waals surface area contributed by atoms with Crippen LogP contribution in [0.4, 0.5) is 11.4 Å². The molecule has 110 valence electrons. The molecule has 0 aliphatic heterocycles. The van der Waals surface area contributed by atoms with Crippen molar-refractivity contribution in [2.45, 2.75) is 19.4 Å². The Labute approximate surface area is 123 Å². The summed E-state index contributed by atoms with van der Waals surface area (Å²) in [5, 5.41) is 13.9. The minimum Gasteiger partial charge on any atom is -0.497 e. The molecule has 21 heavy (non-hydrogen) atoms. The van der Waals surface area contributed by atoms with Crippen LogP contribution in [0.5, 0.6) is 5.75 Å². The van der Waals surface area contributed by atoms with Crippen LogP contribution < -0.4 is 10.1 Å². The number of nitrogens with one attached hydrogen (secondary N) is 1. The maximum atomic E-state index is 10.6. The van der Waals surface area contributed by atoms with Crippen LogP contribution in [0, 0.1) is 10.1 Å². The van der Waals surface area contributed by atoms with Crippen LogP contribution in [0.1, 0.15) is 12.5 Å². The number of nitrogens with zero attached hydrogens (tertiary/aromatic N) is 1. The summed E-state index contributed by atoms with van der Waals surface area (Å²) in [6.45, 7) is 2.08. The predicted molar refractivity (Wildman–Crippen MR) is 82.9 cm³/mol. The fourth-order valence-electron chi connectivity index (χ4n) is 2.13. The van der Waals surface area contributed by atoms with E-state index in [-0.39, 0.29) is 11.7 Å². The van der Waals surface area contributed by atoms with Crippen molar-refractivity contribution >= 4 is 11.4 Å². The maximum absolute atomic E-state index is 10.6. The standard InChI is InChI=1S/C16H18N2O3/c1-12(11-13-3-9-16(21-2)10-4-13)17-14-5-7-15(8-6-14)18(19)20/h3-10,12,17H,11H2,1-2H3. The van der Waals surface area contributed by atoms with E-state index in [2.05, 4.69) is 12.2 Å². The molecule has 0 saturated carbocycles. The number of ether oxygens (including phenoxy) is 1. The van der Waals surface area contributed by atoms with Crippen molar-refractivity contribution in [3.05, 3.63) is 64.2 Å². The Morgan fingerprint density at radius 3 is 2.29 bits per heavy atom. The number of rotatable bonds is 6.